The summed E-state index contributed by atoms with van der Waals surface area (Å²) in [5.41, 5.74) is 1.60. The van der Waals surface area contributed by atoms with E-state index < -0.39 is 0 Å². The molecule has 106 valence electrons. The van der Waals surface area contributed by atoms with Crippen LogP contribution in [0.1, 0.15) is 18.1 Å². The first-order valence-corrected chi connectivity index (χ1v) is 6.77. The molecule has 0 atom stereocenters. The van der Waals surface area contributed by atoms with Gasteiger partial charge in [-0.1, -0.05) is 18.5 Å². The van der Waals surface area contributed by atoms with E-state index in [0.29, 0.717) is 28.8 Å². The van der Waals surface area contributed by atoms with Crippen LogP contribution in [0.25, 0.3) is 0 Å². The average molecular weight is 295 g/mol. The van der Waals surface area contributed by atoms with Crippen LogP contribution in [-0.4, -0.2) is 11.5 Å². The van der Waals surface area contributed by atoms with E-state index in [1.165, 1.54) is 6.07 Å². The molecule has 2 aromatic rings. The second-order valence-electron chi connectivity index (χ2n) is 4.41. The number of hydrogen-bond acceptors (Lipinski definition) is 3. The Morgan fingerprint density at radius 1 is 1.35 bits per heavy atom. The largest absolute Gasteiger partial charge is 0.439 e. The number of rotatable bonds is 5. The number of nitrogens with zero attached hydrogens (tertiary/aromatic N) is 1. The first-order valence-electron chi connectivity index (χ1n) is 6.39. The van der Waals surface area contributed by atoms with E-state index in [1.54, 1.807) is 12.1 Å². The van der Waals surface area contributed by atoms with Crippen molar-refractivity contribution in [2.45, 2.75) is 20.4 Å². The Morgan fingerprint density at radius 3 is 2.85 bits per heavy atom. The highest BCUT2D eigenvalue weighted by Crippen LogP contribution is 2.27. The summed E-state index contributed by atoms with van der Waals surface area (Å²) < 4.78 is 19.0. The predicted octanol–water partition coefficient (Wildman–Crippen LogP) is 4.08. The van der Waals surface area contributed by atoms with Gasteiger partial charge in [0.15, 0.2) is 0 Å². The van der Waals surface area contributed by atoms with Crippen LogP contribution in [0.3, 0.4) is 0 Å². The zero-order valence-electron chi connectivity index (χ0n) is 11.4. The molecule has 0 amide bonds. The summed E-state index contributed by atoms with van der Waals surface area (Å²) >= 11 is 5.97. The average Bonchev–Trinajstić information content (AvgIpc) is 2.43. The monoisotopic (exact) mass is 294 g/mol. The van der Waals surface area contributed by atoms with Crippen LogP contribution in [0.4, 0.5) is 4.39 Å². The van der Waals surface area contributed by atoms with Crippen molar-refractivity contribution in [3.05, 3.63) is 52.4 Å². The first kappa shape index (κ1) is 14.8. The lowest BCUT2D eigenvalue weighted by molar-refractivity contribution is 0.448. The molecule has 0 unspecified atom stereocenters. The van der Waals surface area contributed by atoms with Gasteiger partial charge in [0, 0.05) is 17.1 Å². The smallest absolute Gasteiger partial charge is 0.223 e. The molecule has 1 N–H and O–H groups in total. The Hall–Kier alpha value is -1.65. The molecule has 3 nitrogen and oxygen atoms in total. The Bertz CT molecular complexity index is 604. The number of aromatic nitrogens is 1. The van der Waals surface area contributed by atoms with Crippen LogP contribution < -0.4 is 10.1 Å². The Balaban J connectivity index is 2.25. The van der Waals surface area contributed by atoms with E-state index in [-0.39, 0.29) is 5.82 Å². The SMILES string of the molecule is CCNCc1cc(F)cnc1Oc1ccc(Cl)c(C)c1. The number of aryl methyl sites for hydroxylation is 1. The number of hydrogen-bond donors (Lipinski definition) is 1. The van der Waals surface area contributed by atoms with Gasteiger partial charge < -0.3 is 10.1 Å². The summed E-state index contributed by atoms with van der Waals surface area (Å²) in [6, 6.07) is 6.77. The number of halogens is 2. The summed E-state index contributed by atoms with van der Waals surface area (Å²) in [7, 11) is 0. The molecule has 0 fully saturated rings. The van der Waals surface area contributed by atoms with Gasteiger partial charge in [-0.25, -0.2) is 9.37 Å². The van der Waals surface area contributed by atoms with Crippen LogP contribution in [-0.2, 0) is 6.54 Å². The van der Waals surface area contributed by atoms with Gasteiger partial charge in [0.2, 0.25) is 5.88 Å². The molecule has 0 aliphatic heterocycles. The Labute approximate surface area is 122 Å². The van der Waals surface area contributed by atoms with Crippen molar-refractivity contribution in [3.63, 3.8) is 0 Å². The van der Waals surface area contributed by atoms with Gasteiger partial charge in [-0.05, 0) is 43.3 Å². The number of pyridine rings is 1. The van der Waals surface area contributed by atoms with E-state index >= 15 is 0 Å². The number of benzene rings is 1. The Morgan fingerprint density at radius 2 is 2.15 bits per heavy atom. The minimum Gasteiger partial charge on any atom is -0.439 e. The van der Waals surface area contributed by atoms with E-state index in [4.69, 9.17) is 16.3 Å². The van der Waals surface area contributed by atoms with Gasteiger partial charge in [-0.3, -0.25) is 0 Å². The molecule has 1 heterocycles. The zero-order valence-corrected chi connectivity index (χ0v) is 12.2. The third-order valence-electron chi connectivity index (χ3n) is 2.80. The predicted molar refractivity (Wildman–Crippen MR) is 77.8 cm³/mol. The van der Waals surface area contributed by atoms with E-state index in [0.717, 1.165) is 18.3 Å². The fourth-order valence-corrected chi connectivity index (χ4v) is 1.86. The molecule has 0 aliphatic rings. The molecular weight excluding hydrogens is 279 g/mol. The second kappa shape index (κ2) is 6.68. The molecule has 0 bridgehead atoms. The second-order valence-corrected chi connectivity index (χ2v) is 4.82. The van der Waals surface area contributed by atoms with Gasteiger partial charge in [-0.2, -0.15) is 0 Å². The first-order chi connectivity index (χ1) is 9.60. The van der Waals surface area contributed by atoms with Gasteiger partial charge in [-0.15, -0.1) is 0 Å². The molecule has 0 saturated heterocycles. The van der Waals surface area contributed by atoms with Crippen LogP contribution in [0, 0.1) is 12.7 Å². The van der Waals surface area contributed by atoms with Crippen LogP contribution in [0.2, 0.25) is 5.02 Å². The Kier molecular flexibility index (Phi) is 4.93. The lowest BCUT2D eigenvalue weighted by atomic mass is 10.2. The fourth-order valence-electron chi connectivity index (χ4n) is 1.74. The molecule has 20 heavy (non-hydrogen) atoms. The lowest BCUT2D eigenvalue weighted by Gasteiger charge is -2.11. The molecule has 0 aliphatic carbocycles. The van der Waals surface area contributed by atoms with Crippen molar-refractivity contribution in [1.82, 2.24) is 10.3 Å². The summed E-state index contributed by atoms with van der Waals surface area (Å²) in [5, 5.41) is 3.81. The normalized spacial score (nSPS) is 10.6. The standard InChI is InChI=1S/C15H16ClFN2O/c1-3-18-8-11-7-12(17)9-19-15(11)20-13-4-5-14(16)10(2)6-13/h4-7,9,18H,3,8H2,1-2H3. The highest BCUT2D eigenvalue weighted by Gasteiger charge is 2.09. The van der Waals surface area contributed by atoms with E-state index in [1.807, 2.05) is 19.9 Å². The van der Waals surface area contributed by atoms with Gasteiger partial charge in [0.05, 0.1) is 6.20 Å². The highest BCUT2D eigenvalue weighted by molar-refractivity contribution is 6.31. The van der Waals surface area contributed by atoms with Crippen LogP contribution >= 0.6 is 11.6 Å². The summed E-state index contributed by atoms with van der Waals surface area (Å²) in [4.78, 5) is 4.01. The third-order valence-corrected chi connectivity index (χ3v) is 3.23. The molecular formula is C15H16ClFN2O. The van der Waals surface area contributed by atoms with Crippen molar-refractivity contribution in [2.75, 3.05) is 6.54 Å². The van der Waals surface area contributed by atoms with Gasteiger partial charge in [0.1, 0.15) is 11.6 Å². The maximum absolute atomic E-state index is 13.3. The highest BCUT2D eigenvalue weighted by atomic mass is 35.5. The van der Waals surface area contributed by atoms with E-state index in [2.05, 4.69) is 10.3 Å². The van der Waals surface area contributed by atoms with Crippen molar-refractivity contribution < 1.29 is 9.13 Å². The van der Waals surface area contributed by atoms with Crippen molar-refractivity contribution in [3.8, 4) is 11.6 Å². The molecule has 1 aromatic carbocycles. The molecule has 0 spiro atoms. The van der Waals surface area contributed by atoms with Crippen molar-refractivity contribution in [1.29, 1.82) is 0 Å². The van der Waals surface area contributed by atoms with Gasteiger partial charge >= 0.3 is 0 Å². The molecule has 1 aromatic heterocycles. The lowest BCUT2D eigenvalue weighted by Crippen LogP contribution is -2.13. The maximum atomic E-state index is 13.3. The van der Waals surface area contributed by atoms with Gasteiger partial charge in [0.25, 0.3) is 0 Å². The summed E-state index contributed by atoms with van der Waals surface area (Å²) in [5.74, 6) is 0.648. The summed E-state index contributed by atoms with van der Waals surface area (Å²) in [6.07, 6.45) is 1.15. The molecule has 2 rings (SSSR count). The minimum atomic E-state index is -0.377. The third kappa shape index (κ3) is 3.68. The molecule has 0 saturated carbocycles. The van der Waals surface area contributed by atoms with E-state index in [9.17, 15) is 4.39 Å². The fraction of sp³-hybridized carbons (Fsp3) is 0.267. The zero-order chi connectivity index (χ0) is 14.5. The van der Waals surface area contributed by atoms with Crippen LogP contribution in [0.15, 0.2) is 30.5 Å². The maximum Gasteiger partial charge on any atom is 0.223 e. The molecule has 5 heteroatoms. The topological polar surface area (TPSA) is 34.2 Å². The molecule has 0 radical (unpaired) electrons. The number of ether oxygens (including phenoxy) is 1. The van der Waals surface area contributed by atoms with Crippen molar-refractivity contribution >= 4 is 11.6 Å². The van der Waals surface area contributed by atoms with Crippen molar-refractivity contribution in [2.24, 2.45) is 0 Å². The quantitative estimate of drug-likeness (QED) is 0.902. The summed E-state index contributed by atoms with van der Waals surface area (Å²) in [6.45, 7) is 5.17. The van der Waals surface area contributed by atoms with Crippen LogP contribution in [0.5, 0.6) is 11.6 Å². The number of nitrogens with one attached hydrogen (secondary N) is 1. The minimum absolute atomic E-state index is 0.377.